The van der Waals surface area contributed by atoms with Crippen molar-refractivity contribution in [1.29, 1.82) is 0 Å². The van der Waals surface area contributed by atoms with Crippen LogP contribution >= 0.6 is 39.1 Å². The second-order valence-corrected chi connectivity index (χ2v) is 5.67. The third-order valence-corrected chi connectivity index (χ3v) is 3.78. The molecule has 0 saturated heterocycles. The molecule has 100 valence electrons. The summed E-state index contributed by atoms with van der Waals surface area (Å²) >= 11 is 15.1. The number of benzene rings is 2. The van der Waals surface area contributed by atoms with Gasteiger partial charge in [0.1, 0.15) is 5.82 Å². The zero-order valence-corrected chi connectivity index (χ0v) is 12.8. The molecule has 2 aromatic rings. The highest BCUT2D eigenvalue weighted by atomic mass is 79.9. The van der Waals surface area contributed by atoms with Gasteiger partial charge in [0.25, 0.3) is 0 Å². The average Bonchev–Trinajstić information content (AvgIpc) is 2.36. The summed E-state index contributed by atoms with van der Waals surface area (Å²) in [6.45, 7) is 0.299. The minimum atomic E-state index is -0.283. The molecular weight excluding hydrogens is 354 g/mol. The monoisotopic (exact) mass is 362 g/mol. The lowest BCUT2D eigenvalue weighted by atomic mass is 10.2. The first-order valence-electron chi connectivity index (χ1n) is 5.39. The third kappa shape index (κ3) is 3.53. The fraction of sp³-hybridized carbons (Fsp3) is 0.0769. The van der Waals surface area contributed by atoms with Gasteiger partial charge in [-0.3, -0.25) is 0 Å². The Morgan fingerprint density at radius 1 is 1.16 bits per heavy atom. The molecule has 0 aromatic heterocycles. The summed E-state index contributed by atoms with van der Waals surface area (Å²) < 4.78 is 14.4. The number of hydrogen-bond donors (Lipinski definition) is 2. The number of anilines is 2. The molecule has 0 amide bonds. The van der Waals surface area contributed by atoms with E-state index in [0.29, 0.717) is 33.5 Å². The first-order chi connectivity index (χ1) is 8.97. The molecule has 2 rings (SSSR count). The van der Waals surface area contributed by atoms with E-state index in [1.807, 2.05) is 0 Å². The maximum atomic E-state index is 13.6. The minimum absolute atomic E-state index is 0.283. The molecule has 0 heterocycles. The summed E-state index contributed by atoms with van der Waals surface area (Å²) in [5.74, 6) is -0.283. The van der Waals surface area contributed by atoms with E-state index >= 15 is 0 Å². The Morgan fingerprint density at radius 2 is 1.84 bits per heavy atom. The van der Waals surface area contributed by atoms with E-state index in [9.17, 15) is 4.39 Å². The minimum Gasteiger partial charge on any atom is -0.397 e. The van der Waals surface area contributed by atoms with E-state index in [0.717, 1.165) is 4.47 Å². The number of nitrogens with two attached hydrogens (primary N) is 1. The molecule has 19 heavy (non-hydrogen) atoms. The second-order valence-electron chi connectivity index (χ2n) is 3.94. The van der Waals surface area contributed by atoms with Gasteiger partial charge in [0.05, 0.1) is 21.4 Å². The fourth-order valence-electron chi connectivity index (χ4n) is 1.58. The van der Waals surface area contributed by atoms with Crippen molar-refractivity contribution in [3.05, 3.63) is 56.2 Å². The molecule has 6 heteroatoms. The van der Waals surface area contributed by atoms with E-state index in [1.165, 1.54) is 6.07 Å². The van der Waals surface area contributed by atoms with Crippen LogP contribution in [0, 0.1) is 5.82 Å². The number of nitrogens with one attached hydrogen (secondary N) is 1. The molecule has 0 atom stereocenters. The fourth-order valence-corrected chi connectivity index (χ4v) is 2.33. The molecule has 2 aromatic carbocycles. The summed E-state index contributed by atoms with van der Waals surface area (Å²) in [5, 5.41) is 3.82. The molecule has 0 aliphatic heterocycles. The van der Waals surface area contributed by atoms with Crippen molar-refractivity contribution in [2.24, 2.45) is 0 Å². The molecule has 0 aliphatic rings. The SMILES string of the molecule is Nc1cc(Cl)c(Cl)cc1NCc1cc(Br)ccc1F. The summed E-state index contributed by atoms with van der Waals surface area (Å²) in [4.78, 5) is 0. The Kier molecular flexibility index (Phi) is 4.55. The smallest absolute Gasteiger partial charge is 0.128 e. The van der Waals surface area contributed by atoms with Crippen LogP contribution in [0.2, 0.25) is 10.0 Å². The first kappa shape index (κ1) is 14.4. The van der Waals surface area contributed by atoms with Gasteiger partial charge in [-0.15, -0.1) is 0 Å². The molecule has 0 fully saturated rings. The van der Waals surface area contributed by atoms with E-state index in [2.05, 4.69) is 21.2 Å². The van der Waals surface area contributed by atoms with Gasteiger partial charge in [-0.1, -0.05) is 39.1 Å². The molecule has 0 aliphatic carbocycles. The van der Waals surface area contributed by atoms with Gasteiger partial charge in [-0.2, -0.15) is 0 Å². The van der Waals surface area contributed by atoms with Gasteiger partial charge >= 0.3 is 0 Å². The van der Waals surface area contributed by atoms with E-state index in [1.54, 1.807) is 24.3 Å². The van der Waals surface area contributed by atoms with Crippen molar-refractivity contribution in [3.8, 4) is 0 Å². The van der Waals surface area contributed by atoms with Crippen LogP contribution in [0.3, 0.4) is 0 Å². The number of hydrogen-bond acceptors (Lipinski definition) is 2. The van der Waals surface area contributed by atoms with E-state index < -0.39 is 0 Å². The van der Waals surface area contributed by atoms with Crippen LogP contribution < -0.4 is 11.1 Å². The molecule has 0 unspecified atom stereocenters. The average molecular weight is 364 g/mol. The quantitative estimate of drug-likeness (QED) is 0.745. The number of rotatable bonds is 3. The van der Waals surface area contributed by atoms with Crippen LogP contribution in [-0.2, 0) is 6.54 Å². The Labute approximate surface area is 128 Å². The van der Waals surface area contributed by atoms with Crippen molar-refractivity contribution >= 4 is 50.5 Å². The number of nitrogen functional groups attached to an aromatic ring is 1. The van der Waals surface area contributed by atoms with Crippen LogP contribution in [0.15, 0.2) is 34.8 Å². The normalized spacial score (nSPS) is 10.5. The molecule has 0 saturated carbocycles. The predicted octanol–water partition coefficient (Wildman–Crippen LogP) is 5.09. The number of halogens is 4. The zero-order chi connectivity index (χ0) is 14.0. The van der Waals surface area contributed by atoms with Gasteiger partial charge in [0.15, 0.2) is 0 Å². The molecule has 0 spiro atoms. The van der Waals surface area contributed by atoms with Gasteiger partial charge < -0.3 is 11.1 Å². The van der Waals surface area contributed by atoms with E-state index in [-0.39, 0.29) is 5.82 Å². The Bertz CT molecular complexity index is 620. The Balaban J connectivity index is 2.19. The summed E-state index contributed by atoms with van der Waals surface area (Å²) in [6.07, 6.45) is 0. The molecule has 3 N–H and O–H groups in total. The highest BCUT2D eigenvalue weighted by Gasteiger charge is 2.07. The topological polar surface area (TPSA) is 38.0 Å². The van der Waals surface area contributed by atoms with Crippen LogP contribution in [0.4, 0.5) is 15.8 Å². The van der Waals surface area contributed by atoms with Gasteiger partial charge in [-0.05, 0) is 30.3 Å². The summed E-state index contributed by atoms with van der Waals surface area (Å²) in [6, 6.07) is 7.93. The summed E-state index contributed by atoms with van der Waals surface area (Å²) in [7, 11) is 0. The molecule has 0 radical (unpaired) electrons. The lowest BCUT2D eigenvalue weighted by Crippen LogP contribution is -2.04. The maximum absolute atomic E-state index is 13.6. The Hall–Kier alpha value is -0.970. The zero-order valence-electron chi connectivity index (χ0n) is 9.68. The van der Waals surface area contributed by atoms with Crippen molar-refractivity contribution in [3.63, 3.8) is 0 Å². The maximum Gasteiger partial charge on any atom is 0.128 e. The van der Waals surface area contributed by atoms with Crippen molar-refractivity contribution in [2.75, 3.05) is 11.1 Å². The lowest BCUT2D eigenvalue weighted by Gasteiger charge is -2.11. The third-order valence-electron chi connectivity index (χ3n) is 2.57. The largest absolute Gasteiger partial charge is 0.397 e. The van der Waals surface area contributed by atoms with Crippen LogP contribution in [0.25, 0.3) is 0 Å². The highest BCUT2D eigenvalue weighted by molar-refractivity contribution is 9.10. The summed E-state index contributed by atoms with van der Waals surface area (Å²) in [5.41, 5.74) is 7.42. The van der Waals surface area contributed by atoms with Gasteiger partial charge in [0, 0.05) is 16.6 Å². The lowest BCUT2D eigenvalue weighted by molar-refractivity contribution is 0.612. The Morgan fingerprint density at radius 3 is 2.58 bits per heavy atom. The van der Waals surface area contributed by atoms with Crippen molar-refractivity contribution in [2.45, 2.75) is 6.54 Å². The first-order valence-corrected chi connectivity index (χ1v) is 6.94. The van der Waals surface area contributed by atoms with Gasteiger partial charge in [-0.25, -0.2) is 4.39 Å². The van der Waals surface area contributed by atoms with Crippen molar-refractivity contribution in [1.82, 2.24) is 0 Å². The highest BCUT2D eigenvalue weighted by Crippen LogP contribution is 2.31. The molecule has 2 nitrogen and oxygen atoms in total. The van der Waals surface area contributed by atoms with Gasteiger partial charge in [0.2, 0.25) is 0 Å². The van der Waals surface area contributed by atoms with Crippen molar-refractivity contribution < 1.29 is 4.39 Å². The second kappa shape index (κ2) is 5.99. The van der Waals surface area contributed by atoms with Crippen LogP contribution in [0.1, 0.15) is 5.56 Å². The molecule has 0 bridgehead atoms. The predicted molar refractivity (Wildman–Crippen MR) is 82.3 cm³/mol. The van der Waals surface area contributed by atoms with Crippen LogP contribution in [0.5, 0.6) is 0 Å². The molecular formula is C13H10BrCl2FN2. The van der Waals surface area contributed by atoms with Crippen LogP contribution in [-0.4, -0.2) is 0 Å². The standard InChI is InChI=1S/C13H10BrCl2FN2/c14-8-1-2-11(17)7(3-8)6-19-13-5-10(16)9(15)4-12(13)18/h1-5,19H,6,18H2. The van der Waals surface area contributed by atoms with E-state index in [4.69, 9.17) is 28.9 Å².